The molecule has 16 heavy (non-hydrogen) atoms. The van der Waals surface area contributed by atoms with Crippen LogP contribution in [-0.4, -0.2) is 4.98 Å². The van der Waals surface area contributed by atoms with E-state index in [0.29, 0.717) is 16.8 Å². The van der Waals surface area contributed by atoms with Crippen LogP contribution in [0.3, 0.4) is 0 Å². The van der Waals surface area contributed by atoms with Crippen LogP contribution in [0.15, 0.2) is 45.8 Å². The van der Waals surface area contributed by atoms with Crippen LogP contribution < -0.4 is 11.2 Å². The smallest absolute Gasteiger partial charge is 0.194 e. The number of pyridine rings is 1. The Hall–Kier alpha value is -2.36. The van der Waals surface area contributed by atoms with Crippen LogP contribution in [0.5, 0.6) is 0 Å². The van der Waals surface area contributed by atoms with E-state index in [2.05, 4.69) is 4.98 Å². The van der Waals surface area contributed by atoms with Crippen molar-refractivity contribution in [2.45, 2.75) is 0 Å². The van der Waals surface area contributed by atoms with Gasteiger partial charge in [0.15, 0.2) is 5.43 Å². The standard InChI is InChI=1S/C12H8N2O2/c13-11-5-9(15)8-6-16-10-4-2-1-3-7(10)12(8)14-11/h1-6H,13H2. The minimum absolute atomic E-state index is 0.169. The van der Waals surface area contributed by atoms with Gasteiger partial charge in [0.2, 0.25) is 0 Å². The van der Waals surface area contributed by atoms with Crippen molar-refractivity contribution in [3.8, 4) is 11.3 Å². The van der Waals surface area contributed by atoms with Gasteiger partial charge in [-0.25, -0.2) is 4.98 Å². The van der Waals surface area contributed by atoms with Crippen LogP contribution in [-0.2, 0) is 0 Å². The third kappa shape index (κ3) is 1.16. The van der Waals surface area contributed by atoms with E-state index < -0.39 is 0 Å². The fourth-order valence-corrected chi connectivity index (χ4v) is 1.76. The molecular formula is C12H8N2O2. The maximum atomic E-state index is 11.7. The van der Waals surface area contributed by atoms with Crippen molar-refractivity contribution in [2.24, 2.45) is 0 Å². The second kappa shape index (κ2) is 3.06. The number of nitrogen functional groups attached to an aromatic ring is 1. The van der Waals surface area contributed by atoms with Crippen molar-refractivity contribution in [1.82, 2.24) is 4.98 Å². The molecule has 3 rings (SSSR count). The first-order valence-electron chi connectivity index (χ1n) is 4.82. The van der Waals surface area contributed by atoms with Crippen LogP contribution in [0.25, 0.3) is 22.2 Å². The molecule has 0 aromatic heterocycles. The Morgan fingerprint density at radius 1 is 1.25 bits per heavy atom. The Balaban J connectivity index is 2.58. The average Bonchev–Trinajstić information content (AvgIpc) is 2.28. The largest absolute Gasteiger partial charge is 0.463 e. The summed E-state index contributed by atoms with van der Waals surface area (Å²) in [5.41, 5.74) is 7.13. The van der Waals surface area contributed by atoms with E-state index in [1.807, 2.05) is 24.3 Å². The molecule has 0 amide bonds. The van der Waals surface area contributed by atoms with Gasteiger partial charge in [0, 0.05) is 11.5 Å². The number of aromatic nitrogens is 1. The Labute approximate surface area is 90.7 Å². The zero-order chi connectivity index (χ0) is 11.1. The van der Waals surface area contributed by atoms with Crippen molar-refractivity contribution in [3.63, 3.8) is 0 Å². The normalized spacial score (nSPS) is 11.0. The van der Waals surface area contributed by atoms with Gasteiger partial charge in [-0.2, -0.15) is 0 Å². The predicted molar refractivity (Wildman–Crippen MR) is 61.3 cm³/mol. The topological polar surface area (TPSA) is 69.1 Å². The highest BCUT2D eigenvalue weighted by Crippen LogP contribution is 2.26. The number of nitrogens with zero attached hydrogens (tertiary/aromatic N) is 1. The number of nitrogens with two attached hydrogens (primary N) is 1. The third-order valence-electron chi connectivity index (χ3n) is 2.49. The van der Waals surface area contributed by atoms with E-state index in [0.717, 1.165) is 5.39 Å². The first kappa shape index (κ1) is 8.91. The maximum Gasteiger partial charge on any atom is 0.194 e. The van der Waals surface area contributed by atoms with Crippen LogP contribution in [0.2, 0.25) is 0 Å². The molecule has 0 spiro atoms. The Kier molecular flexibility index (Phi) is 1.71. The lowest BCUT2D eigenvalue weighted by molar-refractivity contribution is 0.604. The molecule has 0 fully saturated rings. The number of hydrogen-bond acceptors (Lipinski definition) is 4. The lowest BCUT2D eigenvalue weighted by Crippen LogP contribution is -2.09. The molecule has 2 N–H and O–H groups in total. The SMILES string of the molecule is Nc1cc(=O)c2coc3ccccc3c-2n1. The number of fused-ring (bicyclic) bond motifs is 3. The summed E-state index contributed by atoms with van der Waals surface area (Å²) >= 11 is 0. The van der Waals surface area contributed by atoms with Crippen LogP contribution in [0.1, 0.15) is 0 Å². The molecule has 2 aliphatic heterocycles. The molecule has 2 aliphatic rings. The summed E-state index contributed by atoms with van der Waals surface area (Å²) in [6.45, 7) is 0. The highest BCUT2D eigenvalue weighted by Gasteiger charge is 2.13. The van der Waals surface area contributed by atoms with Crippen LogP contribution >= 0.6 is 0 Å². The molecule has 0 unspecified atom stereocenters. The molecule has 2 heterocycles. The quantitative estimate of drug-likeness (QED) is 0.577. The minimum atomic E-state index is -0.169. The summed E-state index contributed by atoms with van der Waals surface area (Å²) < 4.78 is 5.36. The van der Waals surface area contributed by atoms with Gasteiger partial charge in [-0.1, -0.05) is 12.1 Å². The molecule has 1 aromatic carbocycles. The van der Waals surface area contributed by atoms with Gasteiger partial charge in [0.25, 0.3) is 0 Å². The molecule has 0 saturated carbocycles. The Morgan fingerprint density at radius 3 is 2.94 bits per heavy atom. The average molecular weight is 212 g/mol. The summed E-state index contributed by atoms with van der Waals surface area (Å²) in [6.07, 6.45) is 1.42. The van der Waals surface area contributed by atoms with Gasteiger partial charge in [-0.15, -0.1) is 0 Å². The van der Waals surface area contributed by atoms with E-state index in [1.54, 1.807) is 0 Å². The number of hydrogen-bond donors (Lipinski definition) is 1. The van der Waals surface area contributed by atoms with Crippen molar-refractivity contribution < 1.29 is 4.42 Å². The van der Waals surface area contributed by atoms with Gasteiger partial charge in [-0.05, 0) is 12.1 Å². The molecule has 0 saturated heterocycles. The second-order valence-corrected chi connectivity index (χ2v) is 3.54. The number of anilines is 1. The monoisotopic (exact) mass is 212 g/mol. The zero-order valence-electron chi connectivity index (χ0n) is 8.31. The van der Waals surface area contributed by atoms with Crippen molar-refractivity contribution in [1.29, 1.82) is 0 Å². The fourth-order valence-electron chi connectivity index (χ4n) is 1.76. The molecular weight excluding hydrogens is 204 g/mol. The van der Waals surface area contributed by atoms with Crippen LogP contribution in [0, 0.1) is 0 Å². The first-order valence-corrected chi connectivity index (χ1v) is 4.82. The summed E-state index contributed by atoms with van der Waals surface area (Å²) in [4.78, 5) is 15.8. The van der Waals surface area contributed by atoms with E-state index in [9.17, 15) is 4.79 Å². The lowest BCUT2D eigenvalue weighted by Gasteiger charge is -2.06. The Bertz CT molecular complexity index is 703. The van der Waals surface area contributed by atoms with Gasteiger partial charge in [-0.3, -0.25) is 4.79 Å². The molecule has 4 heteroatoms. The van der Waals surface area contributed by atoms with Gasteiger partial charge < -0.3 is 10.2 Å². The first-order chi connectivity index (χ1) is 7.75. The highest BCUT2D eigenvalue weighted by molar-refractivity contribution is 5.92. The number of para-hydroxylation sites is 1. The molecule has 0 aliphatic carbocycles. The minimum Gasteiger partial charge on any atom is -0.463 e. The van der Waals surface area contributed by atoms with Crippen molar-refractivity contribution >= 4 is 16.8 Å². The predicted octanol–water partition coefficient (Wildman–Crippen LogP) is 1.87. The maximum absolute atomic E-state index is 11.7. The van der Waals surface area contributed by atoms with Crippen molar-refractivity contribution in [3.05, 3.63) is 46.8 Å². The number of benzene rings is 1. The lowest BCUT2D eigenvalue weighted by atomic mass is 10.1. The van der Waals surface area contributed by atoms with Gasteiger partial charge in [0.05, 0.1) is 11.3 Å². The van der Waals surface area contributed by atoms with Crippen LogP contribution in [0.4, 0.5) is 5.82 Å². The molecule has 0 radical (unpaired) electrons. The molecule has 1 aromatic rings. The third-order valence-corrected chi connectivity index (χ3v) is 2.49. The van der Waals surface area contributed by atoms with Gasteiger partial charge >= 0.3 is 0 Å². The van der Waals surface area contributed by atoms with E-state index >= 15 is 0 Å². The van der Waals surface area contributed by atoms with Gasteiger partial charge in [0.1, 0.15) is 17.7 Å². The van der Waals surface area contributed by atoms with E-state index in [4.69, 9.17) is 10.2 Å². The second-order valence-electron chi connectivity index (χ2n) is 3.54. The number of rotatable bonds is 0. The summed E-state index contributed by atoms with van der Waals surface area (Å²) in [7, 11) is 0. The summed E-state index contributed by atoms with van der Waals surface area (Å²) in [5, 5.41) is 0.796. The molecule has 78 valence electrons. The van der Waals surface area contributed by atoms with E-state index in [-0.39, 0.29) is 11.2 Å². The van der Waals surface area contributed by atoms with Crippen molar-refractivity contribution in [2.75, 3.05) is 5.73 Å². The molecule has 4 nitrogen and oxygen atoms in total. The summed E-state index contributed by atoms with van der Waals surface area (Å²) in [6, 6.07) is 8.71. The fraction of sp³-hybridized carbons (Fsp3) is 0. The van der Waals surface area contributed by atoms with E-state index in [1.165, 1.54) is 12.3 Å². The molecule has 0 bridgehead atoms. The Morgan fingerprint density at radius 2 is 2.06 bits per heavy atom. The zero-order valence-corrected chi connectivity index (χ0v) is 8.31. The molecule has 0 atom stereocenters. The summed E-state index contributed by atoms with van der Waals surface area (Å²) in [5.74, 6) is 0.230. The highest BCUT2D eigenvalue weighted by atomic mass is 16.3.